The highest BCUT2D eigenvalue weighted by Crippen LogP contribution is 2.37. The van der Waals surface area contributed by atoms with E-state index in [-0.39, 0.29) is 11.8 Å². The predicted octanol–water partition coefficient (Wildman–Crippen LogP) is 5.52. The largest absolute Gasteiger partial charge is 0.481 e. The van der Waals surface area contributed by atoms with Gasteiger partial charge in [0, 0.05) is 5.92 Å². The van der Waals surface area contributed by atoms with Crippen LogP contribution in [0, 0.1) is 23.7 Å². The summed E-state index contributed by atoms with van der Waals surface area (Å²) in [7, 11) is 0. The van der Waals surface area contributed by atoms with Gasteiger partial charge in [-0.2, -0.15) is 0 Å². The lowest BCUT2D eigenvalue weighted by atomic mass is 9.71. The average molecular weight is 353 g/mol. The quantitative estimate of drug-likeness (QED) is 0.338. The molecule has 1 rings (SSSR count). The normalized spacial score (nSPS) is 24.2. The van der Waals surface area contributed by atoms with E-state index in [2.05, 4.69) is 19.9 Å². The van der Waals surface area contributed by atoms with Crippen molar-refractivity contribution < 1.29 is 19.8 Å². The van der Waals surface area contributed by atoms with Gasteiger partial charge in [0.15, 0.2) is 0 Å². The molecule has 0 saturated carbocycles. The van der Waals surface area contributed by atoms with Crippen LogP contribution in [-0.4, -0.2) is 22.2 Å². The van der Waals surface area contributed by atoms with Gasteiger partial charge in [0.1, 0.15) is 0 Å². The Kier molecular flexibility index (Phi) is 10.5. The van der Waals surface area contributed by atoms with Crippen LogP contribution in [-0.2, 0) is 9.59 Å². The molecule has 4 nitrogen and oxygen atoms in total. The fraction of sp³-hybridized carbons (Fsp3) is 0.810. The number of allylic oxidation sites excluding steroid dienone is 2. The van der Waals surface area contributed by atoms with Gasteiger partial charge in [0.05, 0.1) is 11.8 Å². The van der Waals surface area contributed by atoms with Crippen LogP contribution in [0.25, 0.3) is 0 Å². The Morgan fingerprint density at radius 1 is 0.960 bits per heavy atom. The number of unbranched alkanes of at least 4 members (excludes halogenated alkanes) is 6. The van der Waals surface area contributed by atoms with Crippen LogP contribution in [0.15, 0.2) is 12.2 Å². The zero-order valence-electron chi connectivity index (χ0n) is 16.0. The molecule has 1 aliphatic carbocycles. The molecule has 0 aromatic carbocycles. The summed E-state index contributed by atoms with van der Waals surface area (Å²) in [5, 5.41) is 19.3. The Morgan fingerprint density at radius 3 is 2.16 bits per heavy atom. The Hall–Kier alpha value is -1.32. The molecule has 4 atom stereocenters. The van der Waals surface area contributed by atoms with Crippen molar-refractivity contribution >= 4 is 11.9 Å². The molecular formula is C21H36O4. The molecule has 0 radical (unpaired) electrons. The molecule has 0 amide bonds. The van der Waals surface area contributed by atoms with E-state index in [4.69, 9.17) is 0 Å². The van der Waals surface area contributed by atoms with E-state index in [0.29, 0.717) is 12.8 Å². The SMILES string of the molecule is CCCCCCC1C=CC(C(CCCCCC)C(=O)O)C(C(=O)O)C1. The van der Waals surface area contributed by atoms with Crippen LogP contribution < -0.4 is 0 Å². The van der Waals surface area contributed by atoms with E-state index in [9.17, 15) is 19.8 Å². The van der Waals surface area contributed by atoms with E-state index >= 15 is 0 Å². The highest BCUT2D eigenvalue weighted by atomic mass is 16.4. The number of aliphatic carboxylic acids is 2. The maximum Gasteiger partial charge on any atom is 0.307 e. The summed E-state index contributed by atoms with van der Waals surface area (Å²) in [6.07, 6.45) is 15.0. The molecule has 144 valence electrons. The topological polar surface area (TPSA) is 74.6 Å². The van der Waals surface area contributed by atoms with Gasteiger partial charge in [0.25, 0.3) is 0 Å². The lowest BCUT2D eigenvalue weighted by Gasteiger charge is -2.33. The third-order valence-corrected chi connectivity index (χ3v) is 5.52. The molecular weight excluding hydrogens is 316 g/mol. The summed E-state index contributed by atoms with van der Waals surface area (Å²) in [5.74, 6) is -2.91. The maximum absolute atomic E-state index is 11.8. The number of rotatable bonds is 13. The molecule has 0 aliphatic heterocycles. The summed E-state index contributed by atoms with van der Waals surface area (Å²) in [6.45, 7) is 4.30. The van der Waals surface area contributed by atoms with Crippen LogP contribution in [0.4, 0.5) is 0 Å². The first-order chi connectivity index (χ1) is 12.0. The van der Waals surface area contributed by atoms with Gasteiger partial charge in [-0.15, -0.1) is 0 Å². The van der Waals surface area contributed by atoms with E-state index in [1.165, 1.54) is 19.3 Å². The molecule has 0 saturated heterocycles. The minimum Gasteiger partial charge on any atom is -0.481 e. The Labute approximate surface area is 152 Å². The average Bonchev–Trinajstić information content (AvgIpc) is 2.58. The molecule has 0 aromatic rings. The Morgan fingerprint density at radius 2 is 1.60 bits per heavy atom. The van der Waals surface area contributed by atoms with Crippen LogP contribution >= 0.6 is 0 Å². The first-order valence-corrected chi connectivity index (χ1v) is 10.1. The molecule has 2 N–H and O–H groups in total. The molecule has 4 heteroatoms. The molecule has 4 unspecified atom stereocenters. The summed E-state index contributed by atoms with van der Waals surface area (Å²) >= 11 is 0. The fourth-order valence-corrected chi connectivity index (χ4v) is 3.98. The van der Waals surface area contributed by atoms with Crippen LogP contribution in [0.3, 0.4) is 0 Å². The van der Waals surface area contributed by atoms with Gasteiger partial charge < -0.3 is 10.2 Å². The lowest BCUT2D eigenvalue weighted by molar-refractivity contribution is -0.149. The molecule has 1 aliphatic rings. The van der Waals surface area contributed by atoms with Crippen LogP contribution in [0.1, 0.15) is 84.5 Å². The molecule has 25 heavy (non-hydrogen) atoms. The second kappa shape index (κ2) is 12.1. The van der Waals surface area contributed by atoms with Gasteiger partial charge >= 0.3 is 11.9 Å². The highest BCUT2D eigenvalue weighted by Gasteiger charge is 2.39. The van der Waals surface area contributed by atoms with Crippen molar-refractivity contribution in [3.63, 3.8) is 0 Å². The number of hydrogen-bond acceptors (Lipinski definition) is 2. The van der Waals surface area contributed by atoms with Gasteiger partial charge in [0.2, 0.25) is 0 Å². The smallest absolute Gasteiger partial charge is 0.307 e. The Balaban J connectivity index is 2.70. The van der Waals surface area contributed by atoms with Crippen molar-refractivity contribution in [2.75, 3.05) is 0 Å². The first-order valence-electron chi connectivity index (χ1n) is 10.1. The summed E-state index contributed by atoms with van der Waals surface area (Å²) in [6, 6.07) is 0. The fourth-order valence-electron chi connectivity index (χ4n) is 3.98. The van der Waals surface area contributed by atoms with Crippen molar-refractivity contribution in [3.05, 3.63) is 12.2 Å². The standard InChI is InChI=1S/C21H36O4/c1-3-5-7-9-11-16-13-14-17(19(15-16)21(24)25)18(20(22)23)12-10-8-6-4-2/h13-14,16-19H,3-12,15H2,1-2H3,(H,22,23)(H,24,25). The van der Waals surface area contributed by atoms with E-state index in [1.54, 1.807) is 0 Å². The molecule has 0 spiro atoms. The van der Waals surface area contributed by atoms with Gasteiger partial charge in [-0.3, -0.25) is 9.59 Å². The van der Waals surface area contributed by atoms with Crippen molar-refractivity contribution in [2.24, 2.45) is 23.7 Å². The summed E-state index contributed by atoms with van der Waals surface area (Å²) in [5.41, 5.74) is 0. The summed E-state index contributed by atoms with van der Waals surface area (Å²) in [4.78, 5) is 23.5. The lowest BCUT2D eigenvalue weighted by Crippen LogP contribution is -2.36. The highest BCUT2D eigenvalue weighted by molar-refractivity contribution is 5.75. The van der Waals surface area contributed by atoms with Crippen molar-refractivity contribution in [2.45, 2.75) is 84.5 Å². The zero-order chi connectivity index (χ0) is 18.7. The Bertz CT molecular complexity index is 430. The number of carbonyl (C=O) groups is 2. The first kappa shape index (κ1) is 21.7. The van der Waals surface area contributed by atoms with Gasteiger partial charge in [-0.25, -0.2) is 0 Å². The third-order valence-electron chi connectivity index (χ3n) is 5.52. The van der Waals surface area contributed by atoms with Crippen molar-refractivity contribution in [3.8, 4) is 0 Å². The maximum atomic E-state index is 11.8. The van der Waals surface area contributed by atoms with E-state index in [1.807, 2.05) is 6.08 Å². The minimum absolute atomic E-state index is 0.281. The molecule has 0 bridgehead atoms. The zero-order valence-corrected chi connectivity index (χ0v) is 16.0. The second-order valence-corrected chi connectivity index (χ2v) is 7.55. The van der Waals surface area contributed by atoms with Crippen molar-refractivity contribution in [1.82, 2.24) is 0 Å². The van der Waals surface area contributed by atoms with Crippen LogP contribution in [0.5, 0.6) is 0 Å². The van der Waals surface area contributed by atoms with E-state index in [0.717, 1.165) is 38.5 Å². The van der Waals surface area contributed by atoms with Crippen molar-refractivity contribution in [1.29, 1.82) is 0 Å². The predicted molar refractivity (Wildman–Crippen MR) is 101 cm³/mol. The van der Waals surface area contributed by atoms with E-state index < -0.39 is 23.8 Å². The number of carboxylic acids is 2. The third kappa shape index (κ3) is 7.62. The minimum atomic E-state index is -0.848. The number of carboxylic acid groups (broad SMARTS) is 2. The molecule has 0 fully saturated rings. The second-order valence-electron chi connectivity index (χ2n) is 7.55. The van der Waals surface area contributed by atoms with Crippen LogP contribution in [0.2, 0.25) is 0 Å². The summed E-state index contributed by atoms with van der Waals surface area (Å²) < 4.78 is 0. The number of hydrogen-bond donors (Lipinski definition) is 2. The monoisotopic (exact) mass is 352 g/mol. The molecule has 0 heterocycles. The van der Waals surface area contributed by atoms with Gasteiger partial charge in [-0.1, -0.05) is 77.4 Å². The van der Waals surface area contributed by atoms with Gasteiger partial charge in [-0.05, 0) is 25.2 Å². The molecule has 0 aromatic heterocycles.